The molecule has 0 aromatic heterocycles. The quantitative estimate of drug-likeness (QED) is 0.776. The number of nitrogens with one attached hydrogen (secondary N) is 1. The van der Waals surface area contributed by atoms with Gasteiger partial charge in [0.1, 0.15) is 0 Å². The van der Waals surface area contributed by atoms with Crippen molar-refractivity contribution < 1.29 is 4.74 Å². The lowest BCUT2D eigenvalue weighted by Gasteiger charge is -2.55. The predicted octanol–water partition coefficient (Wildman–Crippen LogP) is 2.80. The molecule has 1 aliphatic carbocycles. The van der Waals surface area contributed by atoms with Crippen molar-refractivity contribution in [3.05, 3.63) is 0 Å². The summed E-state index contributed by atoms with van der Waals surface area (Å²) < 4.78 is 5.24. The van der Waals surface area contributed by atoms with Crippen molar-refractivity contribution in [2.24, 2.45) is 0 Å². The SMILES string of the molecule is CCC1(C)CN(CCCOC)C2(CCCCC2)CN1. The van der Waals surface area contributed by atoms with Gasteiger partial charge in [-0.25, -0.2) is 0 Å². The van der Waals surface area contributed by atoms with Gasteiger partial charge in [-0.3, -0.25) is 4.90 Å². The van der Waals surface area contributed by atoms with Crippen molar-refractivity contribution in [2.75, 3.05) is 33.4 Å². The topological polar surface area (TPSA) is 24.5 Å². The summed E-state index contributed by atoms with van der Waals surface area (Å²) >= 11 is 0. The van der Waals surface area contributed by atoms with Crippen LogP contribution in [-0.2, 0) is 4.74 Å². The largest absolute Gasteiger partial charge is 0.385 e. The van der Waals surface area contributed by atoms with Crippen LogP contribution in [0.15, 0.2) is 0 Å². The lowest BCUT2D eigenvalue weighted by atomic mass is 9.76. The molecule has 1 atom stereocenters. The van der Waals surface area contributed by atoms with Crippen LogP contribution in [0, 0.1) is 0 Å². The van der Waals surface area contributed by atoms with Crippen molar-refractivity contribution in [1.82, 2.24) is 10.2 Å². The molecule has 0 radical (unpaired) electrons. The molecule has 1 N–H and O–H groups in total. The third kappa shape index (κ3) is 3.50. The van der Waals surface area contributed by atoms with Crippen molar-refractivity contribution in [3.63, 3.8) is 0 Å². The second kappa shape index (κ2) is 6.55. The molecule has 1 unspecified atom stereocenters. The van der Waals surface area contributed by atoms with Crippen molar-refractivity contribution >= 4 is 0 Å². The normalized spacial score (nSPS) is 31.7. The van der Waals surface area contributed by atoms with Gasteiger partial charge < -0.3 is 10.1 Å². The molecule has 3 nitrogen and oxygen atoms in total. The zero-order valence-electron chi connectivity index (χ0n) is 13.1. The Balaban J connectivity index is 2.03. The first-order valence-corrected chi connectivity index (χ1v) is 8.13. The zero-order valence-corrected chi connectivity index (χ0v) is 13.1. The lowest BCUT2D eigenvalue weighted by Crippen LogP contribution is -2.69. The number of ether oxygens (including phenoxy) is 1. The van der Waals surface area contributed by atoms with Crippen LogP contribution in [0.25, 0.3) is 0 Å². The van der Waals surface area contributed by atoms with E-state index in [0.717, 1.165) is 13.0 Å². The molecule has 0 aromatic carbocycles. The van der Waals surface area contributed by atoms with Gasteiger partial charge in [0.25, 0.3) is 0 Å². The maximum absolute atomic E-state index is 5.24. The summed E-state index contributed by atoms with van der Waals surface area (Å²) in [6.45, 7) is 9.16. The number of methoxy groups -OCH3 is 1. The molecule has 2 rings (SSSR count). The standard InChI is InChI=1S/C16H32N2O/c1-4-15(2)14-18(11-8-12-19-3)16(13-17-15)9-6-5-7-10-16/h17H,4-14H2,1-3H3. The molecule has 19 heavy (non-hydrogen) atoms. The third-order valence-corrected chi connectivity index (χ3v) is 5.40. The van der Waals surface area contributed by atoms with E-state index in [9.17, 15) is 0 Å². The summed E-state index contributed by atoms with van der Waals surface area (Å²) in [6, 6.07) is 0. The maximum atomic E-state index is 5.24. The van der Waals surface area contributed by atoms with Crippen LogP contribution < -0.4 is 5.32 Å². The van der Waals surface area contributed by atoms with Crippen LogP contribution in [0.2, 0.25) is 0 Å². The minimum absolute atomic E-state index is 0.301. The van der Waals surface area contributed by atoms with Crippen LogP contribution in [0.4, 0.5) is 0 Å². The van der Waals surface area contributed by atoms with Gasteiger partial charge in [0.05, 0.1) is 0 Å². The molecule has 0 amide bonds. The molecule has 1 saturated heterocycles. The fourth-order valence-corrected chi connectivity index (χ4v) is 3.79. The summed E-state index contributed by atoms with van der Waals surface area (Å²) in [5.41, 5.74) is 0.746. The summed E-state index contributed by atoms with van der Waals surface area (Å²) in [5, 5.41) is 3.85. The van der Waals surface area contributed by atoms with E-state index in [1.165, 1.54) is 58.2 Å². The van der Waals surface area contributed by atoms with Gasteiger partial charge in [-0.05, 0) is 32.6 Å². The number of rotatable bonds is 5. The Morgan fingerprint density at radius 1 is 1.21 bits per heavy atom. The molecule has 1 spiro atoms. The highest BCUT2D eigenvalue weighted by Crippen LogP contribution is 2.37. The molecule has 112 valence electrons. The predicted molar refractivity (Wildman–Crippen MR) is 80.6 cm³/mol. The summed E-state index contributed by atoms with van der Waals surface area (Å²) in [7, 11) is 1.81. The van der Waals surface area contributed by atoms with Gasteiger partial charge in [-0.1, -0.05) is 26.2 Å². The Hall–Kier alpha value is -0.120. The fraction of sp³-hybridized carbons (Fsp3) is 1.00. The van der Waals surface area contributed by atoms with Crippen LogP contribution in [-0.4, -0.2) is 49.3 Å². The van der Waals surface area contributed by atoms with Gasteiger partial charge in [0.15, 0.2) is 0 Å². The fourth-order valence-electron chi connectivity index (χ4n) is 3.79. The first kappa shape index (κ1) is 15.3. The third-order valence-electron chi connectivity index (χ3n) is 5.40. The Kier molecular flexibility index (Phi) is 5.27. The van der Waals surface area contributed by atoms with Crippen molar-refractivity contribution in [2.45, 2.75) is 69.9 Å². The molecule has 0 bridgehead atoms. The van der Waals surface area contributed by atoms with Crippen LogP contribution in [0.5, 0.6) is 0 Å². The van der Waals surface area contributed by atoms with Gasteiger partial charge in [-0.15, -0.1) is 0 Å². The van der Waals surface area contributed by atoms with E-state index in [2.05, 4.69) is 24.1 Å². The molecule has 3 heteroatoms. The van der Waals surface area contributed by atoms with Gasteiger partial charge in [0, 0.05) is 44.4 Å². The minimum Gasteiger partial charge on any atom is -0.385 e. The first-order valence-electron chi connectivity index (χ1n) is 8.13. The Morgan fingerprint density at radius 3 is 2.58 bits per heavy atom. The monoisotopic (exact) mass is 268 g/mol. The number of nitrogens with zero attached hydrogens (tertiary/aromatic N) is 1. The van der Waals surface area contributed by atoms with Crippen molar-refractivity contribution in [1.29, 1.82) is 0 Å². The summed E-state index contributed by atoms with van der Waals surface area (Å²) in [6.07, 6.45) is 9.39. The Morgan fingerprint density at radius 2 is 1.95 bits per heavy atom. The summed E-state index contributed by atoms with van der Waals surface area (Å²) in [5.74, 6) is 0. The molecule has 1 saturated carbocycles. The zero-order chi connectivity index (χ0) is 13.8. The first-order chi connectivity index (χ1) is 9.14. The molecule has 2 aliphatic rings. The molecule has 1 heterocycles. The lowest BCUT2D eigenvalue weighted by molar-refractivity contribution is -0.0194. The highest BCUT2D eigenvalue weighted by atomic mass is 16.5. The highest BCUT2D eigenvalue weighted by Gasteiger charge is 2.44. The van der Waals surface area contributed by atoms with E-state index in [1.54, 1.807) is 0 Å². The van der Waals surface area contributed by atoms with E-state index in [4.69, 9.17) is 4.74 Å². The maximum Gasteiger partial charge on any atom is 0.0474 e. The van der Waals surface area contributed by atoms with Crippen LogP contribution in [0.3, 0.4) is 0 Å². The van der Waals surface area contributed by atoms with Gasteiger partial charge in [0.2, 0.25) is 0 Å². The van der Waals surface area contributed by atoms with Crippen LogP contribution in [0.1, 0.15) is 58.8 Å². The van der Waals surface area contributed by atoms with E-state index in [0.29, 0.717) is 11.1 Å². The smallest absolute Gasteiger partial charge is 0.0474 e. The van der Waals surface area contributed by atoms with Gasteiger partial charge >= 0.3 is 0 Å². The Bertz CT molecular complexity index is 276. The minimum atomic E-state index is 0.301. The van der Waals surface area contributed by atoms with Gasteiger partial charge in [-0.2, -0.15) is 0 Å². The number of hydrogen-bond donors (Lipinski definition) is 1. The average Bonchev–Trinajstić information content (AvgIpc) is 2.45. The molecular weight excluding hydrogens is 236 g/mol. The van der Waals surface area contributed by atoms with E-state index >= 15 is 0 Å². The summed E-state index contributed by atoms with van der Waals surface area (Å²) in [4.78, 5) is 2.80. The average molecular weight is 268 g/mol. The molecule has 2 fully saturated rings. The molecule has 1 aliphatic heterocycles. The molecule has 0 aromatic rings. The van der Waals surface area contributed by atoms with E-state index in [-0.39, 0.29) is 0 Å². The van der Waals surface area contributed by atoms with E-state index < -0.39 is 0 Å². The highest BCUT2D eigenvalue weighted by molar-refractivity contribution is 5.04. The van der Waals surface area contributed by atoms with E-state index in [1.807, 2.05) is 7.11 Å². The second-order valence-corrected chi connectivity index (χ2v) is 6.82. The second-order valence-electron chi connectivity index (χ2n) is 6.82. The molecular formula is C16H32N2O. The Labute approximate surface area is 119 Å². The van der Waals surface area contributed by atoms with Crippen molar-refractivity contribution in [3.8, 4) is 0 Å². The van der Waals surface area contributed by atoms with Crippen LogP contribution >= 0.6 is 0 Å². The number of piperazine rings is 1. The number of hydrogen-bond acceptors (Lipinski definition) is 3.